The number of amides is 1. The topological polar surface area (TPSA) is 59.5 Å². The first-order valence-corrected chi connectivity index (χ1v) is 7.24. The van der Waals surface area contributed by atoms with Gasteiger partial charge in [0.2, 0.25) is 5.91 Å². The second-order valence-corrected chi connectivity index (χ2v) is 5.16. The quantitative estimate of drug-likeness (QED) is 0.767. The molecule has 1 aliphatic heterocycles. The van der Waals surface area contributed by atoms with Crippen LogP contribution in [0, 0.1) is 0 Å². The summed E-state index contributed by atoms with van der Waals surface area (Å²) in [5.74, 6) is 0.239. The van der Waals surface area contributed by atoms with Crippen molar-refractivity contribution in [2.24, 2.45) is 0 Å². The zero-order chi connectivity index (χ0) is 13.7. The van der Waals surface area contributed by atoms with E-state index in [0.29, 0.717) is 18.9 Å². The SMILES string of the molecule is CCOC(=O)CCN1C(=O)CSC1c1cccnc1. The molecule has 1 saturated heterocycles. The van der Waals surface area contributed by atoms with Crippen LogP contribution in [0.1, 0.15) is 24.3 Å². The summed E-state index contributed by atoms with van der Waals surface area (Å²) in [5.41, 5.74) is 0.988. The van der Waals surface area contributed by atoms with E-state index in [-0.39, 0.29) is 23.7 Å². The summed E-state index contributed by atoms with van der Waals surface area (Å²) >= 11 is 1.56. The summed E-state index contributed by atoms with van der Waals surface area (Å²) < 4.78 is 4.88. The maximum Gasteiger partial charge on any atom is 0.307 e. The van der Waals surface area contributed by atoms with Gasteiger partial charge < -0.3 is 9.64 Å². The number of pyridine rings is 1. The molecule has 0 aromatic carbocycles. The predicted octanol–water partition coefficient (Wildman–Crippen LogP) is 1.61. The van der Waals surface area contributed by atoms with Crippen molar-refractivity contribution < 1.29 is 14.3 Å². The lowest BCUT2D eigenvalue weighted by molar-refractivity contribution is -0.143. The smallest absolute Gasteiger partial charge is 0.307 e. The van der Waals surface area contributed by atoms with E-state index in [0.717, 1.165) is 5.56 Å². The molecule has 1 aromatic rings. The van der Waals surface area contributed by atoms with E-state index >= 15 is 0 Å². The Morgan fingerprint density at radius 1 is 1.63 bits per heavy atom. The maximum absolute atomic E-state index is 11.9. The van der Waals surface area contributed by atoms with Gasteiger partial charge in [0.25, 0.3) is 0 Å². The van der Waals surface area contributed by atoms with Crippen LogP contribution in [0.5, 0.6) is 0 Å². The standard InChI is InChI=1S/C13H16N2O3S/c1-2-18-12(17)5-7-15-11(16)9-19-13(15)10-4-3-6-14-8-10/h3-4,6,8,13H,2,5,7,9H2,1H3. The van der Waals surface area contributed by atoms with E-state index in [1.165, 1.54) is 0 Å². The summed E-state index contributed by atoms with van der Waals surface area (Å²) in [6, 6.07) is 3.79. The van der Waals surface area contributed by atoms with Gasteiger partial charge in [-0.25, -0.2) is 0 Å². The van der Waals surface area contributed by atoms with Gasteiger partial charge in [-0.1, -0.05) is 6.07 Å². The molecule has 0 N–H and O–H groups in total. The number of carbonyl (C=O) groups is 2. The Bertz CT molecular complexity index is 452. The second kappa shape index (κ2) is 6.56. The number of esters is 1. The van der Waals surface area contributed by atoms with Gasteiger partial charge >= 0.3 is 5.97 Å². The summed E-state index contributed by atoms with van der Waals surface area (Å²) in [6.45, 7) is 2.53. The molecule has 0 aliphatic carbocycles. The third-order valence-corrected chi connectivity index (χ3v) is 4.06. The molecular formula is C13H16N2O3S. The van der Waals surface area contributed by atoms with Crippen LogP contribution in [0.2, 0.25) is 0 Å². The molecule has 0 radical (unpaired) electrons. The molecule has 1 atom stereocenters. The summed E-state index contributed by atoms with van der Waals surface area (Å²) in [7, 11) is 0. The van der Waals surface area contributed by atoms with E-state index in [2.05, 4.69) is 4.98 Å². The van der Waals surface area contributed by atoms with E-state index in [9.17, 15) is 9.59 Å². The molecule has 5 nitrogen and oxygen atoms in total. The molecule has 0 saturated carbocycles. The Hall–Kier alpha value is -1.56. The van der Waals surface area contributed by atoms with Gasteiger partial charge in [-0.05, 0) is 13.0 Å². The largest absolute Gasteiger partial charge is 0.466 e. The van der Waals surface area contributed by atoms with Crippen LogP contribution in [-0.4, -0.2) is 40.7 Å². The highest BCUT2D eigenvalue weighted by molar-refractivity contribution is 8.00. The minimum Gasteiger partial charge on any atom is -0.466 e. The Morgan fingerprint density at radius 2 is 2.47 bits per heavy atom. The molecule has 1 amide bonds. The Labute approximate surface area is 116 Å². The highest BCUT2D eigenvalue weighted by Crippen LogP contribution is 2.38. The first-order valence-electron chi connectivity index (χ1n) is 6.19. The third kappa shape index (κ3) is 3.47. The van der Waals surface area contributed by atoms with E-state index in [1.807, 2.05) is 12.1 Å². The fourth-order valence-corrected chi connectivity index (χ4v) is 3.14. The molecule has 2 rings (SSSR count). The van der Waals surface area contributed by atoms with Crippen LogP contribution in [0.15, 0.2) is 24.5 Å². The van der Waals surface area contributed by atoms with E-state index < -0.39 is 0 Å². The number of thioether (sulfide) groups is 1. The Morgan fingerprint density at radius 3 is 3.16 bits per heavy atom. The number of carbonyl (C=O) groups excluding carboxylic acids is 2. The highest BCUT2D eigenvalue weighted by Gasteiger charge is 2.32. The first kappa shape index (κ1) is 13.9. The van der Waals surface area contributed by atoms with Crippen molar-refractivity contribution in [1.82, 2.24) is 9.88 Å². The number of hydrogen-bond acceptors (Lipinski definition) is 5. The molecule has 6 heteroatoms. The van der Waals surface area contributed by atoms with Gasteiger partial charge in [0.05, 0.1) is 18.8 Å². The second-order valence-electron chi connectivity index (χ2n) is 4.09. The van der Waals surface area contributed by atoms with Crippen molar-refractivity contribution in [3.05, 3.63) is 30.1 Å². The lowest BCUT2D eigenvalue weighted by atomic mass is 10.2. The lowest BCUT2D eigenvalue weighted by Gasteiger charge is -2.23. The number of hydrogen-bond donors (Lipinski definition) is 0. The average molecular weight is 280 g/mol. The van der Waals surface area contributed by atoms with Crippen molar-refractivity contribution in [3.8, 4) is 0 Å². The molecule has 2 heterocycles. The van der Waals surface area contributed by atoms with Crippen LogP contribution >= 0.6 is 11.8 Å². The van der Waals surface area contributed by atoms with Gasteiger partial charge in [-0.3, -0.25) is 14.6 Å². The summed E-state index contributed by atoms with van der Waals surface area (Å²) in [4.78, 5) is 29.0. The minimum atomic E-state index is -0.267. The predicted molar refractivity (Wildman–Crippen MR) is 72.4 cm³/mol. The number of aromatic nitrogens is 1. The summed E-state index contributed by atoms with van der Waals surface area (Å²) in [6.07, 6.45) is 3.69. The molecule has 1 fully saturated rings. The molecule has 1 aromatic heterocycles. The lowest BCUT2D eigenvalue weighted by Crippen LogP contribution is -2.30. The van der Waals surface area contributed by atoms with Crippen molar-refractivity contribution in [2.45, 2.75) is 18.7 Å². The summed E-state index contributed by atoms with van der Waals surface area (Å²) in [5, 5.41) is -0.0457. The third-order valence-electron chi connectivity index (χ3n) is 2.80. The van der Waals surface area contributed by atoms with Gasteiger partial charge in [0, 0.05) is 24.5 Å². The molecule has 102 valence electrons. The molecule has 1 aliphatic rings. The zero-order valence-corrected chi connectivity index (χ0v) is 11.6. The van der Waals surface area contributed by atoms with Crippen LogP contribution in [-0.2, 0) is 14.3 Å². The number of ether oxygens (including phenoxy) is 1. The molecule has 1 unspecified atom stereocenters. The highest BCUT2D eigenvalue weighted by atomic mass is 32.2. The van der Waals surface area contributed by atoms with Crippen molar-refractivity contribution >= 4 is 23.6 Å². The monoisotopic (exact) mass is 280 g/mol. The minimum absolute atomic E-state index is 0.0457. The van der Waals surface area contributed by atoms with E-state index in [4.69, 9.17) is 4.74 Å². The first-order chi connectivity index (χ1) is 9.22. The van der Waals surface area contributed by atoms with Gasteiger partial charge in [-0.15, -0.1) is 11.8 Å². The maximum atomic E-state index is 11.9. The zero-order valence-electron chi connectivity index (χ0n) is 10.7. The Kier molecular flexibility index (Phi) is 4.79. The Balaban J connectivity index is 2.00. The van der Waals surface area contributed by atoms with Crippen LogP contribution in [0.25, 0.3) is 0 Å². The number of rotatable bonds is 5. The molecule has 19 heavy (non-hydrogen) atoms. The number of nitrogens with zero attached hydrogens (tertiary/aromatic N) is 2. The van der Waals surface area contributed by atoms with Crippen molar-refractivity contribution in [3.63, 3.8) is 0 Å². The van der Waals surface area contributed by atoms with Gasteiger partial charge in [0.15, 0.2) is 0 Å². The van der Waals surface area contributed by atoms with Crippen LogP contribution < -0.4 is 0 Å². The average Bonchev–Trinajstić information content (AvgIpc) is 2.79. The van der Waals surface area contributed by atoms with Gasteiger partial charge in [-0.2, -0.15) is 0 Å². The molecule has 0 spiro atoms. The molecular weight excluding hydrogens is 264 g/mol. The van der Waals surface area contributed by atoms with Crippen molar-refractivity contribution in [1.29, 1.82) is 0 Å². The van der Waals surface area contributed by atoms with Crippen molar-refractivity contribution in [2.75, 3.05) is 18.9 Å². The fraction of sp³-hybridized carbons (Fsp3) is 0.462. The van der Waals surface area contributed by atoms with E-state index in [1.54, 1.807) is 36.0 Å². The molecule has 0 bridgehead atoms. The normalized spacial score (nSPS) is 18.7. The van der Waals surface area contributed by atoms with Crippen LogP contribution in [0.3, 0.4) is 0 Å². The van der Waals surface area contributed by atoms with Gasteiger partial charge in [0.1, 0.15) is 5.37 Å². The fourth-order valence-electron chi connectivity index (χ4n) is 1.94. The van der Waals surface area contributed by atoms with Crippen LogP contribution in [0.4, 0.5) is 0 Å².